The molecule has 0 radical (unpaired) electrons. The van der Waals surface area contributed by atoms with E-state index in [1.54, 1.807) is 13.8 Å². The minimum Gasteiger partial charge on any atom is -0.329 e. The van der Waals surface area contributed by atoms with Crippen LogP contribution in [0.2, 0.25) is 0 Å². The van der Waals surface area contributed by atoms with E-state index in [4.69, 9.17) is 0 Å². The third kappa shape index (κ3) is 3.65. The van der Waals surface area contributed by atoms with Gasteiger partial charge in [0.05, 0.1) is 5.54 Å². The fourth-order valence-corrected chi connectivity index (χ4v) is 2.98. The van der Waals surface area contributed by atoms with Gasteiger partial charge >= 0.3 is 6.18 Å². The van der Waals surface area contributed by atoms with Crippen LogP contribution in [0.4, 0.5) is 13.2 Å². The molecule has 2 rings (SSSR count). The predicted molar refractivity (Wildman–Crippen MR) is 70.2 cm³/mol. The topological polar surface area (TPSA) is 32.3 Å². The highest BCUT2D eigenvalue weighted by Crippen LogP contribution is 2.37. The van der Waals surface area contributed by atoms with Crippen LogP contribution in [-0.2, 0) is 4.79 Å². The highest BCUT2D eigenvalue weighted by Gasteiger charge is 2.46. The van der Waals surface area contributed by atoms with Gasteiger partial charge < -0.3 is 10.2 Å². The van der Waals surface area contributed by atoms with E-state index in [1.807, 2.05) is 0 Å². The van der Waals surface area contributed by atoms with Crippen molar-refractivity contribution < 1.29 is 18.0 Å². The maximum Gasteiger partial charge on any atom is 0.406 e. The standard InChI is InChI=1S/C14H23F3N2O/c1-10(11-5-6-11)19(9-14(15,16)17)12(20)13(2)7-3-4-8-18-13/h10-11,18H,3-9H2,1-2H3. The van der Waals surface area contributed by atoms with Crippen LogP contribution in [-0.4, -0.2) is 41.7 Å². The second kappa shape index (κ2) is 5.54. The van der Waals surface area contributed by atoms with Crippen molar-refractivity contribution >= 4 is 5.91 Å². The zero-order valence-corrected chi connectivity index (χ0v) is 12.1. The summed E-state index contributed by atoms with van der Waals surface area (Å²) in [5, 5.41) is 3.12. The van der Waals surface area contributed by atoms with Crippen LogP contribution in [0.25, 0.3) is 0 Å². The Kier molecular flexibility index (Phi) is 4.33. The van der Waals surface area contributed by atoms with Gasteiger partial charge in [-0.1, -0.05) is 0 Å². The van der Waals surface area contributed by atoms with Crippen LogP contribution in [0.5, 0.6) is 0 Å². The third-order valence-corrected chi connectivity index (χ3v) is 4.50. The van der Waals surface area contributed by atoms with E-state index in [1.165, 1.54) is 0 Å². The number of amides is 1. The molecule has 2 fully saturated rings. The number of hydrogen-bond donors (Lipinski definition) is 1. The van der Waals surface area contributed by atoms with Crippen molar-refractivity contribution in [3.05, 3.63) is 0 Å². The van der Waals surface area contributed by atoms with E-state index in [0.717, 1.165) is 30.6 Å². The molecule has 20 heavy (non-hydrogen) atoms. The summed E-state index contributed by atoms with van der Waals surface area (Å²) in [7, 11) is 0. The maximum absolute atomic E-state index is 12.8. The molecule has 1 aliphatic carbocycles. The Morgan fingerprint density at radius 1 is 1.40 bits per heavy atom. The summed E-state index contributed by atoms with van der Waals surface area (Å²) in [4.78, 5) is 13.7. The van der Waals surface area contributed by atoms with Crippen LogP contribution >= 0.6 is 0 Å². The molecular formula is C14H23F3N2O. The normalized spacial score (nSPS) is 29.1. The fourth-order valence-electron chi connectivity index (χ4n) is 2.98. The van der Waals surface area contributed by atoms with Gasteiger partial charge in [-0.25, -0.2) is 0 Å². The number of carbonyl (C=O) groups is 1. The molecule has 0 aromatic rings. The lowest BCUT2D eigenvalue weighted by molar-refractivity contribution is -0.170. The van der Waals surface area contributed by atoms with Crippen molar-refractivity contribution in [2.24, 2.45) is 5.92 Å². The third-order valence-electron chi connectivity index (χ3n) is 4.50. The summed E-state index contributed by atoms with van der Waals surface area (Å²) in [5.74, 6) is -0.164. The molecule has 1 saturated heterocycles. The first-order valence-electron chi connectivity index (χ1n) is 7.36. The van der Waals surface area contributed by atoms with Crippen LogP contribution < -0.4 is 5.32 Å². The van der Waals surface area contributed by atoms with Crippen LogP contribution in [0.1, 0.15) is 46.0 Å². The Morgan fingerprint density at radius 3 is 2.50 bits per heavy atom. The molecule has 2 unspecified atom stereocenters. The lowest BCUT2D eigenvalue weighted by atomic mass is 9.88. The molecule has 2 aliphatic rings. The van der Waals surface area contributed by atoms with Gasteiger partial charge in [0, 0.05) is 6.04 Å². The summed E-state index contributed by atoms with van der Waals surface area (Å²) in [6, 6.07) is -0.329. The van der Waals surface area contributed by atoms with Crippen LogP contribution in [0, 0.1) is 5.92 Å². The zero-order chi connectivity index (χ0) is 15.0. The molecule has 0 aromatic carbocycles. The highest BCUT2D eigenvalue weighted by molar-refractivity contribution is 5.86. The summed E-state index contributed by atoms with van der Waals surface area (Å²) < 4.78 is 38.4. The van der Waals surface area contributed by atoms with Crippen molar-refractivity contribution in [3.63, 3.8) is 0 Å². The van der Waals surface area contributed by atoms with Gasteiger partial charge in [-0.3, -0.25) is 4.79 Å². The van der Waals surface area contributed by atoms with Crippen LogP contribution in [0.15, 0.2) is 0 Å². The molecular weight excluding hydrogens is 269 g/mol. The number of halogens is 3. The molecule has 6 heteroatoms. The van der Waals surface area contributed by atoms with E-state index >= 15 is 0 Å². The van der Waals surface area contributed by atoms with Crippen molar-refractivity contribution in [1.82, 2.24) is 10.2 Å². The molecule has 116 valence electrons. The first-order chi connectivity index (χ1) is 9.23. The molecule has 1 aliphatic heterocycles. The largest absolute Gasteiger partial charge is 0.406 e. The number of hydrogen-bond acceptors (Lipinski definition) is 2. The number of nitrogens with zero attached hydrogens (tertiary/aromatic N) is 1. The number of alkyl halides is 3. The molecule has 1 N–H and O–H groups in total. The van der Waals surface area contributed by atoms with Gasteiger partial charge in [0.1, 0.15) is 6.54 Å². The summed E-state index contributed by atoms with van der Waals surface area (Å²) in [6.45, 7) is 3.03. The minimum absolute atomic E-state index is 0.230. The molecule has 1 amide bonds. The summed E-state index contributed by atoms with van der Waals surface area (Å²) in [6.07, 6.45) is -0.0332. The number of rotatable bonds is 4. The van der Waals surface area contributed by atoms with E-state index in [2.05, 4.69) is 5.32 Å². The predicted octanol–water partition coefficient (Wildman–Crippen LogP) is 2.71. The second-order valence-corrected chi connectivity index (χ2v) is 6.34. The monoisotopic (exact) mass is 292 g/mol. The molecule has 0 bridgehead atoms. The molecule has 2 atom stereocenters. The van der Waals surface area contributed by atoms with E-state index < -0.39 is 24.2 Å². The Labute approximate surface area is 117 Å². The highest BCUT2D eigenvalue weighted by atomic mass is 19.4. The molecule has 1 saturated carbocycles. The zero-order valence-electron chi connectivity index (χ0n) is 12.1. The Hall–Kier alpha value is -0.780. The average Bonchev–Trinajstić information content (AvgIpc) is 3.18. The Morgan fingerprint density at radius 2 is 2.05 bits per heavy atom. The van der Waals surface area contributed by atoms with Gasteiger partial charge in [0.15, 0.2) is 0 Å². The fraction of sp³-hybridized carbons (Fsp3) is 0.929. The summed E-state index contributed by atoms with van der Waals surface area (Å²) in [5.41, 5.74) is -0.841. The van der Waals surface area contributed by atoms with Crippen molar-refractivity contribution in [1.29, 1.82) is 0 Å². The van der Waals surface area contributed by atoms with Crippen molar-refractivity contribution in [2.75, 3.05) is 13.1 Å². The molecule has 3 nitrogen and oxygen atoms in total. The van der Waals surface area contributed by atoms with Gasteiger partial charge in [-0.2, -0.15) is 13.2 Å². The van der Waals surface area contributed by atoms with Crippen molar-refractivity contribution in [2.45, 2.75) is 63.7 Å². The first-order valence-corrected chi connectivity index (χ1v) is 7.36. The smallest absolute Gasteiger partial charge is 0.329 e. The lowest BCUT2D eigenvalue weighted by Crippen LogP contribution is -2.61. The van der Waals surface area contributed by atoms with Crippen molar-refractivity contribution in [3.8, 4) is 0 Å². The number of piperidine rings is 1. The van der Waals surface area contributed by atoms with Gasteiger partial charge in [0.2, 0.25) is 5.91 Å². The summed E-state index contributed by atoms with van der Waals surface area (Å²) >= 11 is 0. The molecule has 1 heterocycles. The average molecular weight is 292 g/mol. The Bertz CT molecular complexity index is 360. The molecule has 0 aromatic heterocycles. The molecule has 0 spiro atoms. The SMILES string of the molecule is CC(C1CC1)N(CC(F)(F)F)C(=O)C1(C)CCCCN1. The van der Waals surface area contributed by atoms with E-state index in [0.29, 0.717) is 13.0 Å². The van der Waals surface area contributed by atoms with E-state index in [-0.39, 0.29) is 12.0 Å². The Balaban J connectivity index is 2.13. The van der Waals surface area contributed by atoms with Gasteiger partial charge in [-0.15, -0.1) is 0 Å². The number of nitrogens with one attached hydrogen (secondary N) is 1. The maximum atomic E-state index is 12.8. The lowest BCUT2D eigenvalue weighted by Gasteiger charge is -2.40. The second-order valence-electron chi connectivity index (χ2n) is 6.34. The first kappa shape index (κ1) is 15.6. The van der Waals surface area contributed by atoms with E-state index in [9.17, 15) is 18.0 Å². The quantitative estimate of drug-likeness (QED) is 0.864. The van der Waals surface area contributed by atoms with Gasteiger partial charge in [-0.05, 0) is 58.4 Å². The van der Waals surface area contributed by atoms with Gasteiger partial charge in [0.25, 0.3) is 0 Å². The van der Waals surface area contributed by atoms with Crippen LogP contribution in [0.3, 0.4) is 0 Å². The number of carbonyl (C=O) groups excluding carboxylic acids is 1. The minimum atomic E-state index is -4.34.